The van der Waals surface area contributed by atoms with Crippen molar-refractivity contribution in [3.05, 3.63) is 53.7 Å². The number of sulfonamides is 1. The van der Waals surface area contributed by atoms with Crippen molar-refractivity contribution in [2.75, 3.05) is 33.3 Å². The van der Waals surface area contributed by atoms with E-state index >= 15 is 0 Å². The maximum absolute atomic E-state index is 13.8. The molecule has 9 heteroatoms. The van der Waals surface area contributed by atoms with Crippen LogP contribution in [0.3, 0.4) is 0 Å². The van der Waals surface area contributed by atoms with E-state index in [0.717, 1.165) is 11.0 Å². The van der Waals surface area contributed by atoms with E-state index in [-0.39, 0.29) is 23.7 Å². The quantitative estimate of drug-likeness (QED) is 0.751. The topological polar surface area (TPSA) is 81.3 Å². The number of methoxy groups -OCH3 is 1. The maximum atomic E-state index is 13.8. The van der Waals surface area contributed by atoms with Crippen LogP contribution in [0.1, 0.15) is 16.3 Å². The summed E-state index contributed by atoms with van der Waals surface area (Å²) in [6.07, 6.45) is 0. The van der Waals surface area contributed by atoms with E-state index in [1.807, 2.05) is 0 Å². The van der Waals surface area contributed by atoms with Gasteiger partial charge in [0.05, 0.1) is 33.3 Å². The molecule has 1 N–H and O–H groups in total. The Hall–Kier alpha value is -2.23. The number of hydrogen-bond acceptors (Lipinski definition) is 5. The zero-order valence-electron chi connectivity index (χ0n) is 14.3. The molecule has 1 fully saturated rings. The lowest BCUT2D eigenvalue weighted by Gasteiger charge is -2.31. The number of benzene rings is 1. The van der Waals surface area contributed by atoms with Crippen molar-refractivity contribution in [2.45, 2.75) is 11.4 Å². The molecular weight excluding hydrogens is 363 g/mol. The number of halogens is 1. The second-order valence-electron chi connectivity index (χ2n) is 6.02. The number of nitrogens with one attached hydrogen (secondary N) is 1. The van der Waals surface area contributed by atoms with Crippen molar-refractivity contribution in [3.8, 4) is 0 Å². The van der Waals surface area contributed by atoms with E-state index in [1.54, 1.807) is 12.1 Å². The van der Waals surface area contributed by atoms with Crippen molar-refractivity contribution in [3.63, 3.8) is 0 Å². The lowest BCUT2D eigenvalue weighted by Crippen LogP contribution is -3.13. The highest BCUT2D eigenvalue weighted by Gasteiger charge is 2.32. The fraction of sp³-hybridized carbons (Fsp3) is 0.353. The number of nitrogens with zero attached hydrogens (tertiary/aromatic N) is 1. The molecule has 2 aromatic rings. The van der Waals surface area contributed by atoms with Crippen LogP contribution < -0.4 is 4.90 Å². The Bertz CT molecular complexity index is 888. The van der Waals surface area contributed by atoms with Crippen LogP contribution in [-0.2, 0) is 21.3 Å². The number of rotatable bonds is 5. The third-order valence-corrected chi connectivity index (χ3v) is 6.29. The number of piperazine rings is 1. The van der Waals surface area contributed by atoms with Crippen LogP contribution in [-0.4, -0.2) is 52.0 Å². The SMILES string of the molecule is COC(=O)c1ccc(C[NH+]2CCN(S(=O)(=O)c3ccccc3F)CC2)o1. The zero-order chi connectivity index (χ0) is 18.7. The fourth-order valence-corrected chi connectivity index (χ4v) is 4.45. The predicted octanol–water partition coefficient (Wildman–Crippen LogP) is 0.295. The molecule has 1 saturated heterocycles. The van der Waals surface area contributed by atoms with Gasteiger partial charge in [-0.05, 0) is 24.3 Å². The second-order valence-corrected chi connectivity index (χ2v) is 7.93. The molecule has 1 aromatic heterocycles. The summed E-state index contributed by atoms with van der Waals surface area (Å²) in [4.78, 5) is 12.2. The molecule has 7 nitrogen and oxygen atoms in total. The summed E-state index contributed by atoms with van der Waals surface area (Å²) in [6, 6.07) is 8.65. The van der Waals surface area contributed by atoms with Crippen molar-refractivity contribution in [1.29, 1.82) is 0 Å². The first-order valence-electron chi connectivity index (χ1n) is 8.17. The van der Waals surface area contributed by atoms with Gasteiger partial charge in [-0.2, -0.15) is 4.31 Å². The van der Waals surface area contributed by atoms with Gasteiger partial charge in [0.25, 0.3) is 0 Å². The van der Waals surface area contributed by atoms with Crippen molar-refractivity contribution in [2.24, 2.45) is 0 Å². The molecule has 3 rings (SSSR count). The van der Waals surface area contributed by atoms with E-state index in [2.05, 4.69) is 4.74 Å². The molecule has 1 aromatic carbocycles. The minimum absolute atomic E-state index is 0.141. The van der Waals surface area contributed by atoms with Gasteiger partial charge in [0.1, 0.15) is 17.3 Å². The van der Waals surface area contributed by atoms with Crippen LogP contribution in [0, 0.1) is 5.82 Å². The van der Waals surface area contributed by atoms with Gasteiger partial charge in [-0.1, -0.05) is 12.1 Å². The smallest absolute Gasteiger partial charge is 0.373 e. The number of hydrogen-bond donors (Lipinski definition) is 1. The molecule has 0 unspecified atom stereocenters. The lowest BCUT2D eigenvalue weighted by molar-refractivity contribution is -0.918. The fourth-order valence-electron chi connectivity index (χ4n) is 2.94. The predicted molar refractivity (Wildman–Crippen MR) is 89.6 cm³/mol. The summed E-state index contributed by atoms with van der Waals surface area (Å²) >= 11 is 0. The van der Waals surface area contributed by atoms with Gasteiger partial charge in [0, 0.05) is 0 Å². The van der Waals surface area contributed by atoms with Gasteiger partial charge >= 0.3 is 5.97 Å². The average molecular weight is 383 g/mol. The zero-order valence-corrected chi connectivity index (χ0v) is 15.1. The highest BCUT2D eigenvalue weighted by atomic mass is 32.2. The van der Waals surface area contributed by atoms with Crippen molar-refractivity contribution < 1.29 is 31.7 Å². The molecule has 140 valence electrons. The number of carbonyl (C=O) groups excluding carboxylic acids is 1. The summed E-state index contributed by atoms with van der Waals surface area (Å²) < 4.78 is 50.4. The number of ether oxygens (including phenoxy) is 1. The lowest BCUT2D eigenvalue weighted by atomic mass is 10.3. The van der Waals surface area contributed by atoms with E-state index in [0.29, 0.717) is 25.4 Å². The summed E-state index contributed by atoms with van der Waals surface area (Å²) in [5.74, 6) is -0.506. The summed E-state index contributed by atoms with van der Waals surface area (Å²) in [5.41, 5.74) is 0. The van der Waals surface area contributed by atoms with E-state index in [1.165, 1.54) is 29.6 Å². The number of carbonyl (C=O) groups is 1. The summed E-state index contributed by atoms with van der Waals surface area (Å²) in [6.45, 7) is 2.22. The molecule has 2 heterocycles. The highest BCUT2D eigenvalue weighted by molar-refractivity contribution is 7.89. The summed E-state index contributed by atoms with van der Waals surface area (Å²) in [5, 5.41) is 0. The van der Waals surface area contributed by atoms with E-state index in [9.17, 15) is 17.6 Å². The first-order chi connectivity index (χ1) is 12.4. The van der Waals surface area contributed by atoms with Gasteiger partial charge in [0.15, 0.2) is 5.76 Å². The average Bonchev–Trinajstić information content (AvgIpc) is 3.10. The molecule has 0 spiro atoms. The normalized spacial score (nSPS) is 16.5. The first kappa shape index (κ1) is 18.6. The van der Waals surface area contributed by atoms with Crippen LogP contribution in [0.4, 0.5) is 4.39 Å². The molecule has 0 radical (unpaired) electrons. The van der Waals surface area contributed by atoms with E-state index in [4.69, 9.17) is 4.42 Å². The van der Waals surface area contributed by atoms with Crippen LogP contribution in [0.5, 0.6) is 0 Å². The standard InChI is InChI=1S/C17H19FN2O5S/c1-24-17(21)15-7-6-13(25-15)12-19-8-10-20(11-9-19)26(22,23)16-5-3-2-4-14(16)18/h2-7H,8-12H2,1H3/p+1. The van der Waals surface area contributed by atoms with Gasteiger partial charge in [0.2, 0.25) is 15.8 Å². The largest absolute Gasteiger partial charge is 0.463 e. The Morgan fingerprint density at radius 3 is 2.58 bits per heavy atom. The van der Waals surface area contributed by atoms with Crippen molar-refractivity contribution >= 4 is 16.0 Å². The first-order valence-corrected chi connectivity index (χ1v) is 9.61. The Balaban J connectivity index is 1.61. The molecule has 0 amide bonds. The molecule has 0 saturated carbocycles. The van der Waals surface area contributed by atoms with Crippen LogP contribution in [0.2, 0.25) is 0 Å². The van der Waals surface area contributed by atoms with Crippen molar-refractivity contribution in [1.82, 2.24) is 4.31 Å². The molecule has 0 aliphatic carbocycles. The molecular formula is C17H20FN2O5S+. The highest BCUT2D eigenvalue weighted by Crippen LogP contribution is 2.18. The minimum atomic E-state index is -3.84. The van der Waals surface area contributed by atoms with Gasteiger partial charge in [-0.25, -0.2) is 17.6 Å². The minimum Gasteiger partial charge on any atom is -0.463 e. The number of furan rings is 1. The third kappa shape index (κ3) is 3.79. The van der Waals surface area contributed by atoms with Crippen LogP contribution in [0.15, 0.2) is 45.7 Å². The molecule has 0 atom stereocenters. The van der Waals surface area contributed by atoms with Crippen LogP contribution in [0.25, 0.3) is 0 Å². The molecule has 26 heavy (non-hydrogen) atoms. The van der Waals surface area contributed by atoms with Gasteiger partial charge in [-0.3, -0.25) is 0 Å². The third-order valence-electron chi connectivity index (χ3n) is 4.36. The Morgan fingerprint density at radius 1 is 1.23 bits per heavy atom. The monoisotopic (exact) mass is 383 g/mol. The number of esters is 1. The van der Waals surface area contributed by atoms with E-state index < -0.39 is 21.8 Å². The second kappa shape index (κ2) is 7.56. The molecule has 0 bridgehead atoms. The van der Waals surface area contributed by atoms with Gasteiger partial charge in [-0.15, -0.1) is 0 Å². The Kier molecular flexibility index (Phi) is 5.40. The van der Waals surface area contributed by atoms with Crippen LogP contribution >= 0.6 is 0 Å². The molecule has 1 aliphatic heterocycles. The molecule has 1 aliphatic rings. The summed E-state index contributed by atoms with van der Waals surface area (Å²) in [7, 11) is -2.56. The number of quaternary nitrogens is 1. The van der Waals surface area contributed by atoms with Gasteiger partial charge < -0.3 is 14.1 Å². The maximum Gasteiger partial charge on any atom is 0.373 e. The Labute approximate surface area is 151 Å². The Morgan fingerprint density at radius 2 is 1.92 bits per heavy atom.